The van der Waals surface area contributed by atoms with Gasteiger partial charge in [-0.1, -0.05) is 35.3 Å². The van der Waals surface area contributed by atoms with Gasteiger partial charge in [-0.2, -0.15) is 0 Å². The monoisotopic (exact) mass is 187 g/mol. The quantitative estimate of drug-likeness (QED) is 0.579. The highest BCUT2D eigenvalue weighted by Gasteiger charge is 1.98. The summed E-state index contributed by atoms with van der Waals surface area (Å²) >= 11 is 3.07. The second-order valence-corrected chi connectivity index (χ2v) is 4.06. The zero-order valence-corrected chi connectivity index (χ0v) is 7.78. The highest BCUT2D eigenvalue weighted by Crippen LogP contribution is 2.23. The molecule has 0 aliphatic rings. The molecule has 0 fully saturated rings. The van der Waals surface area contributed by atoms with Gasteiger partial charge in [0.05, 0.1) is 0 Å². The predicted molar refractivity (Wildman–Crippen MR) is 49.9 cm³/mol. The number of nitrogens with two attached hydrogens (primary N) is 1. The van der Waals surface area contributed by atoms with Crippen molar-refractivity contribution < 1.29 is 0 Å². The molecule has 1 aromatic heterocycles. The summed E-state index contributed by atoms with van der Waals surface area (Å²) in [5.74, 6) is 0.936. The summed E-state index contributed by atoms with van der Waals surface area (Å²) in [6.07, 6.45) is 4.08. The number of allylic oxidation sites excluding steroid dienone is 1. The van der Waals surface area contributed by atoms with Crippen molar-refractivity contribution >= 4 is 28.2 Å². The molecule has 60 valence electrons. The Kier molecular flexibility index (Phi) is 3.38. The summed E-state index contributed by atoms with van der Waals surface area (Å²) in [7, 11) is 0. The van der Waals surface area contributed by atoms with Gasteiger partial charge in [0.2, 0.25) is 5.13 Å². The third-order valence-electron chi connectivity index (χ3n) is 0.961. The fourth-order valence-corrected chi connectivity index (χ4v) is 2.06. The summed E-state index contributed by atoms with van der Waals surface area (Å²) in [4.78, 5) is 0. The van der Waals surface area contributed by atoms with Crippen molar-refractivity contribution in [1.29, 1.82) is 0 Å². The summed E-state index contributed by atoms with van der Waals surface area (Å²) in [6, 6.07) is 0. The minimum absolute atomic E-state index is 0.535. The molecule has 11 heavy (non-hydrogen) atoms. The van der Waals surface area contributed by atoms with Crippen molar-refractivity contribution in [2.45, 2.75) is 11.3 Å². The van der Waals surface area contributed by atoms with Crippen LogP contribution in [0.2, 0.25) is 0 Å². The molecule has 0 unspecified atom stereocenters. The Bertz CT molecular complexity index is 244. The highest BCUT2D eigenvalue weighted by molar-refractivity contribution is 8.01. The normalized spacial score (nSPS) is 11.0. The van der Waals surface area contributed by atoms with E-state index in [1.54, 1.807) is 11.8 Å². The van der Waals surface area contributed by atoms with Crippen LogP contribution in [0.25, 0.3) is 0 Å². The van der Waals surface area contributed by atoms with Crippen LogP contribution >= 0.6 is 23.1 Å². The Labute approximate surface area is 73.7 Å². The Hall–Kier alpha value is -0.550. The number of anilines is 1. The summed E-state index contributed by atoms with van der Waals surface area (Å²) in [6.45, 7) is 2.00. The molecule has 0 spiro atoms. The number of nitrogens with zero attached hydrogens (tertiary/aromatic N) is 2. The first-order valence-electron chi connectivity index (χ1n) is 3.16. The van der Waals surface area contributed by atoms with Crippen LogP contribution in [0.4, 0.5) is 5.13 Å². The lowest BCUT2D eigenvalue weighted by atomic mass is 10.6. The maximum absolute atomic E-state index is 5.40. The lowest BCUT2D eigenvalue weighted by Crippen LogP contribution is -1.79. The van der Waals surface area contributed by atoms with E-state index >= 15 is 0 Å². The molecule has 5 heteroatoms. The van der Waals surface area contributed by atoms with Gasteiger partial charge >= 0.3 is 0 Å². The second kappa shape index (κ2) is 4.35. The maximum atomic E-state index is 5.40. The molecule has 0 atom stereocenters. The van der Waals surface area contributed by atoms with Gasteiger partial charge in [-0.3, -0.25) is 0 Å². The summed E-state index contributed by atoms with van der Waals surface area (Å²) < 4.78 is 0.931. The number of aromatic nitrogens is 2. The molecule has 3 nitrogen and oxygen atoms in total. The molecule has 0 aliphatic carbocycles. The maximum Gasteiger partial charge on any atom is 0.203 e. The molecule has 0 radical (unpaired) electrons. The molecule has 0 amide bonds. The Morgan fingerprint density at radius 3 is 3.00 bits per heavy atom. The number of thioether (sulfide) groups is 1. The summed E-state index contributed by atoms with van der Waals surface area (Å²) in [5.41, 5.74) is 5.40. The van der Waals surface area contributed by atoms with Gasteiger partial charge in [0, 0.05) is 5.75 Å². The predicted octanol–water partition coefficient (Wildman–Crippen LogP) is 1.79. The van der Waals surface area contributed by atoms with Crippen LogP contribution in [0.5, 0.6) is 0 Å². The SMILES string of the molecule is C/C=C/CSc1nnc(N)s1. The van der Waals surface area contributed by atoms with E-state index in [-0.39, 0.29) is 0 Å². The number of hydrogen-bond acceptors (Lipinski definition) is 5. The smallest absolute Gasteiger partial charge is 0.203 e. The first-order valence-corrected chi connectivity index (χ1v) is 4.96. The Morgan fingerprint density at radius 1 is 1.64 bits per heavy atom. The molecule has 0 aromatic carbocycles. The zero-order valence-electron chi connectivity index (χ0n) is 6.15. The first-order chi connectivity index (χ1) is 5.33. The largest absolute Gasteiger partial charge is 0.374 e. The van der Waals surface area contributed by atoms with Crippen molar-refractivity contribution in [2.24, 2.45) is 0 Å². The average molecular weight is 187 g/mol. The lowest BCUT2D eigenvalue weighted by molar-refractivity contribution is 1.02. The van der Waals surface area contributed by atoms with Crippen LogP contribution in [0.1, 0.15) is 6.92 Å². The van der Waals surface area contributed by atoms with E-state index in [1.807, 2.05) is 13.0 Å². The summed E-state index contributed by atoms with van der Waals surface area (Å²) in [5, 5.41) is 8.09. The van der Waals surface area contributed by atoms with Gasteiger partial charge in [0.15, 0.2) is 4.34 Å². The molecule has 0 aliphatic heterocycles. The van der Waals surface area contributed by atoms with Crippen molar-refractivity contribution in [2.75, 3.05) is 11.5 Å². The third kappa shape index (κ3) is 2.90. The van der Waals surface area contributed by atoms with Gasteiger partial charge in [0.25, 0.3) is 0 Å². The molecule has 1 heterocycles. The molecule has 2 N–H and O–H groups in total. The van der Waals surface area contributed by atoms with Crippen molar-refractivity contribution in [3.05, 3.63) is 12.2 Å². The van der Waals surface area contributed by atoms with Crippen LogP contribution in [0.3, 0.4) is 0 Å². The van der Waals surface area contributed by atoms with Gasteiger partial charge < -0.3 is 5.73 Å². The molecular weight excluding hydrogens is 178 g/mol. The van der Waals surface area contributed by atoms with E-state index in [0.29, 0.717) is 5.13 Å². The minimum atomic E-state index is 0.535. The van der Waals surface area contributed by atoms with Gasteiger partial charge in [-0.15, -0.1) is 10.2 Å². The van der Waals surface area contributed by atoms with E-state index in [0.717, 1.165) is 10.1 Å². The molecule has 0 saturated heterocycles. The Morgan fingerprint density at radius 2 is 2.45 bits per heavy atom. The van der Waals surface area contributed by atoms with Crippen LogP contribution in [0.15, 0.2) is 16.5 Å². The van der Waals surface area contributed by atoms with E-state index in [9.17, 15) is 0 Å². The second-order valence-electron chi connectivity index (χ2n) is 1.79. The standard InChI is InChI=1S/C6H9N3S2/c1-2-3-4-10-6-9-8-5(7)11-6/h2-3H,4H2,1H3,(H2,7,8)/b3-2+. The van der Waals surface area contributed by atoms with Crippen molar-refractivity contribution in [3.63, 3.8) is 0 Å². The van der Waals surface area contributed by atoms with Gasteiger partial charge in [-0.05, 0) is 6.92 Å². The molecule has 1 aromatic rings. The topological polar surface area (TPSA) is 51.8 Å². The van der Waals surface area contributed by atoms with Crippen LogP contribution in [-0.2, 0) is 0 Å². The first kappa shape index (κ1) is 8.55. The van der Waals surface area contributed by atoms with Gasteiger partial charge in [-0.25, -0.2) is 0 Å². The molecule has 1 rings (SSSR count). The van der Waals surface area contributed by atoms with E-state index in [2.05, 4.69) is 16.3 Å². The Balaban J connectivity index is 2.38. The van der Waals surface area contributed by atoms with Gasteiger partial charge in [0.1, 0.15) is 0 Å². The zero-order chi connectivity index (χ0) is 8.10. The van der Waals surface area contributed by atoms with Crippen molar-refractivity contribution in [1.82, 2.24) is 10.2 Å². The van der Waals surface area contributed by atoms with Crippen LogP contribution < -0.4 is 5.73 Å². The fourth-order valence-electron chi connectivity index (χ4n) is 0.494. The number of hydrogen-bond donors (Lipinski definition) is 1. The fraction of sp³-hybridized carbons (Fsp3) is 0.333. The van der Waals surface area contributed by atoms with E-state index in [4.69, 9.17) is 5.73 Å². The molecule has 0 saturated carbocycles. The number of nitrogen functional groups attached to an aromatic ring is 1. The third-order valence-corrected chi connectivity index (χ3v) is 2.80. The minimum Gasteiger partial charge on any atom is -0.374 e. The van der Waals surface area contributed by atoms with E-state index in [1.165, 1.54) is 11.3 Å². The average Bonchev–Trinajstić information content (AvgIpc) is 2.37. The van der Waals surface area contributed by atoms with Crippen LogP contribution in [0, 0.1) is 0 Å². The van der Waals surface area contributed by atoms with Crippen molar-refractivity contribution in [3.8, 4) is 0 Å². The number of rotatable bonds is 3. The van der Waals surface area contributed by atoms with Crippen LogP contribution in [-0.4, -0.2) is 16.0 Å². The lowest BCUT2D eigenvalue weighted by Gasteiger charge is -1.85. The van der Waals surface area contributed by atoms with E-state index < -0.39 is 0 Å². The highest BCUT2D eigenvalue weighted by atomic mass is 32.2. The molecular formula is C6H9N3S2. The molecule has 0 bridgehead atoms.